The molecule has 0 amide bonds. The van der Waals surface area contributed by atoms with Crippen molar-refractivity contribution in [2.45, 2.75) is 51.1 Å². The van der Waals surface area contributed by atoms with Crippen LogP contribution in [0.4, 0.5) is 0 Å². The minimum Gasteiger partial charge on any atom is -0.356 e. The number of nitrogens with one attached hydrogen (secondary N) is 2. The highest BCUT2D eigenvalue weighted by Gasteiger charge is 2.28. The third-order valence-electron chi connectivity index (χ3n) is 4.80. The largest absolute Gasteiger partial charge is 0.356 e. The minimum atomic E-state index is -2.82. The van der Waals surface area contributed by atoms with Crippen molar-refractivity contribution in [2.24, 2.45) is 10.9 Å². The van der Waals surface area contributed by atoms with Crippen LogP contribution in [0, 0.1) is 5.92 Å². The Morgan fingerprint density at radius 1 is 1.24 bits per heavy atom. The summed E-state index contributed by atoms with van der Waals surface area (Å²) in [5, 5.41) is 9.01. The van der Waals surface area contributed by atoms with Gasteiger partial charge in [-0.15, -0.1) is 35.3 Å². The van der Waals surface area contributed by atoms with Crippen LogP contribution in [0.1, 0.15) is 43.4 Å². The van der Waals surface area contributed by atoms with Gasteiger partial charge in [-0.25, -0.2) is 13.4 Å². The first-order chi connectivity index (χ1) is 11.6. The summed E-state index contributed by atoms with van der Waals surface area (Å²) in [6.07, 6.45) is 7.02. The molecule has 1 atom stereocenters. The number of guanidine groups is 1. The van der Waals surface area contributed by atoms with Crippen molar-refractivity contribution in [3.05, 3.63) is 22.4 Å². The fourth-order valence-corrected chi connectivity index (χ4v) is 5.92. The number of nitrogens with zero attached hydrogens (tertiary/aromatic N) is 1. The van der Waals surface area contributed by atoms with Crippen LogP contribution in [0.2, 0.25) is 0 Å². The molecule has 1 aromatic rings. The maximum atomic E-state index is 11.6. The summed E-state index contributed by atoms with van der Waals surface area (Å²) in [5.41, 5.74) is 0. The fourth-order valence-electron chi connectivity index (χ4n) is 3.43. The molecule has 1 aliphatic heterocycles. The van der Waals surface area contributed by atoms with Crippen LogP contribution < -0.4 is 10.6 Å². The lowest BCUT2D eigenvalue weighted by atomic mass is 9.96. The van der Waals surface area contributed by atoms with Crippen molar-refractivity contribution in [2.75, 3.05) is 18.1 Å². The first kappa shape index (κ1) is 21.0. The van der Waals surface area contributed by atoms with Gasteiger partial charge >= 0.3 is 0 Å². The molecular formula is C17H28IN3O2S2. The summed E-state index contributed by atoms with van der Waals surface area (Å²) >= 11 is 1.71. The van der Waals surface area contributed by atoms with Crippen molar-refractivity contribution in [1.82, 2.24) is 10.6 Å². The predicted octanol–water partition coefficient (Wildman–Crippen LogP) is 3.17. The van der Waals surface area contributed by atoms with E-state index in [2.05, 4.69) is 22.1 Å². The average Bonchev–Trinajstić information content (AvgIpc) is 3.20. The second-order valence-electron chi connectivity index (χ2n) is 6.87. The first-order valence-corrected chi connectivity index (χ1v) is 11.6. The van der Waals surface area contributed by atoms with Gasteiger partial charge < -0.3 is 10.6 Å². The number of rotatable bonds is 5. The fraction of sp³-hybridized carbons (Fsp3) is 0.706. The Hall–Kier alpha value is -0.350. The topological polar surface area (TPSA) is 70.6 Å². The zero-order valence-corrected chi connectivity index (χ0v) is 18.4. The summed E-state index contributed by atoms with van der Waals surface area (Å²) in [4.78, 5) is 5.95. The number of sulfone groups is 1. The molecule has 8 heteroatoms. The summed E-state index contributed by atoms with van der Waals surface area (Å²) < 4.78 is 23.2. The van der Waals surface area contributed by atoms with E-state index < -0.39 is 9.84 Å². The SMILES string of the molecule is I.O=S1(=O)CCC(CNC(=NCc2cccs2)NC2CCCCC2)C1. The molecule has 0 radical (unpaired) electrons. The molecule has 2 aliphatic rings. The van der Waals surface area contributed by atoms with E-state index in [0.29, 0.717) is 30.6 Å². The molecule has 25 heavy (non-hydrogen) atoms. The molecule has 2 fully saturated rings. The summed E-state index contributed by atoms with van der Waals surface area (Å²) in [6.45, 7) is 1.35. The van der Waals surface area contributed by atoms with Gasteiger partial charge in [0.2, 0.25) is 0 Å². The number of hydrogen-bond acceptors (Lipinski definition) is 4. The molecule has 2 heterocycles. The molecule has 0 bridgehead atoms. The van der Waals surface area contributed by atoms with Crippen molar-refractivity contribution < 1.29 is 8.42 Å². The zero-order valence-electron chi connectivity index (χ0n) is 14.4. The van der Waals surface area contributed by atoms with Crippen LogP contribution >= 0.6 is 35.3 Å². The van der Waals surface area contributed by atoms with Crippen molar-refractivity contribution in [3.63, 3.8) is 0 Å². The highest BCUT2D eigenvalue weighted by Crippen LogP contribution is 2.19. The van der Waals surface area contributed by atoms with E-state index in [-0.39, 0.29) is 29.9 Å². The third kappa shape index (κ3) is 7.05. The van der Waals surface area contributed by atoms with Gasteiger partial charge in [-0.2, -0.15) is 0 Å². The van der Waals surface area contributed by atoms with E-state index in [1.807, 2.05) is 6.07 Å². The Bertz CT molecular complexity index is 641. The smallest absolute Gasteiger partial charge is 0.191 e. The van der Waals surface area contributed by atoms with Crippen molar-refractivity contribution in [3.8, 4) is 0 Å². The molecule has 3 rings (SSSR count). The van der Waals surface area contributed by atoms with Gasteiger partial charge in [0.05, 0.1) is 18.1 Å². The quantitative estimate of drug-likeness (QED) is 0.373. The Morgan fingerprint density at radius 3 is 2.68 bits per heavy atom. The Kier molecular flexibility index (Phi) is 8.47. The highest BCUT2D eigenvalue weighted by molar-refractivity contribution is 14.0. The van der Waals surface area contributed by atoms with Gasteiger partial charge in [-0.1, -0.05) is 25.3 Å². The van der Waals surface area contributed by atoms with E-state index in [0.717, 1.165) is 12.4 Å². The normalized spacial score (nSPS) is 23.8. The van der Waals surface area contributed by atoms with E-state index in [1.165, 1.54) is 37.0 Å². The number of thiophene rings is 1. The van der Waals surface area contributed by atoms with Crippen LogP contribution in [0.3, 0.4) is 0 Å². The highest BCUT2D eigenvalue weighted by atomic mass is 127. The van der Waals surface area contributed by atoms with Gasteiger partial charge in [-0.3, -0.25) is 0 Å². The zero-order chi connectivity index (χ0) is 16.8. The number of hydrogen-bond donors (Lipinski definition) is 2. The third-order valence-corrected chi connectivity index (χ3v) is 7.50. The summed E-state index contributed by atoms with van der Waals surface area (Å²) in [5.74, 6) is 1.67. The van der Waals surface area contributed by atoms with Gasteiger partial charge in [-0.05, 0) is 36.6 Å². The van der Waals surface area contributed by atoms with Crippen LogP contribution in [0.5, 0.6) is 0 Å². The molecule has 1 saturated carbocycles. The molecule has 0 aromatic carbocycles. The van der Waals surface area contributed by atoms with Crippen molar-refractivity contribution >= 4 is 51.1 Å². The molecule has 5 nitrogen and oxygen atoms in total. The van der Waals surface area contributed by atoms with Crippen LogP contribution in [0.15, 0.2) is 22.5 Å². The lowest BCUT2D eigenvalue weighted by molar-refractivity contribution is 0.408. The number of halogens is 1. The molecule has 142 valence electrons. The Morgan fingerprint density at radius 2 is 2.04 bits per heavy atom. The van der Waals surface area contributed by atoms with E-state index in [9.17, 15) is 8.42 Å². The van der Waals surface area contributed by atoms with E-state index >= 15 is 0 Å². The van der Waals surface area contributed by atoms with E-state index in [1.54, 1.807) is 11.3 Å². The van der Waals surface area contributed by atoms with Gasteiger partial charge in [0.25, 0.3) is 0 Å². The minimum absolute atomic E-state index is 0. The number of aliphatic imine (C=N–C) groups is 1. The molecule has 0 spiro atoms. The molecule has 1 aliphatic carbocycles. The maximum absolute atomic E-state index is 11.6. The van der Waals surface area contributed by atoms with E-state index in [4.69, 9.17) is 4.99 Å². The van der Waals surface area contributed by atoms with Crippen molar-refractivity contribution in [1.29, 1.82) is 0 Å². The second kappa shape index (κ2) is 10.1. The maximum Gasteiger partial charge on any atom is 0.191 e. The molecule has 1 unspecified atom stereocenters. The second-order valence-corrected chi connectivity index (χ2v) is 10.1. The molecule has 1 aromatic heterocycles. The standard InChI is InChI=1S/C17H27N3O2S2.HI/c21-24(22)10-8-14(13-24)11-18-17(19-12-16-7-4-9-23-16)20-15-5-2-1-3-6-15;/h4,7,9,14-15H,1-3,5-6,8,10-13H2,(H2,18,19,20);1H. The summed E-state index contributed by atoms with van der Waals surface area (Å²) in [6, 6.07) is 4.62. The molecular weight excluding hydrogens is 469 g/mol. The predicted molar refractivity (Wildman–Crippen MR) is 116 cm³/mol. The van der Waals surface area contributed by atoms with Crippen LogP contribution in [0.25, 0.3) is 0 Å². The summed E-state index contributed by atoms with van der Waals surface area (Å²) in [7, 11) is -2.82. The van der Waals surface area contributed by atoms with Gasteiger partial charge in [0, 0.05) is 17.5 Å². The monoisotopic (exact) mass is 497 g/mol. The average molecular weight is 497 g/mol. The Labute approximate surface area is 172 Å². The van der Waals surface area contributed by atoms with Crippen LogP contribution in [-0.2, 0) is 16.4 Å². The Balaban J connectivity index is 0.00000225. The van der Waals surface area contributed by atoms with Gasteiger partial charge in [0.15, 0.2) is 15.8 Å². The molecule has 1 saturated heterocycles. The lowest BCUT2D eigenvalue weighted by Crippen LogP contribution is -2.45. The van der Waals surface area contributed by atoms with Gasteiger partial charge in [0.1, 0.15) is 0 Å². The molecule has 2 N–H and O–H groups in total. The first-order valence-electron chi connectivity index (χ1n) is 8.88. The lowest BCUT2D eigenvalue weighted by Gasteiger charge is -2.25. The van der Waals surface area contributed by atoms with Crippen LogP contribution in [-0.4, -0.2) is 38.5 Å².